The van der Waals surface area contributed by atoms with E-state index in [4.69, 9.17) is 14.2 Å². The van der Waals surface area contributed by atoms with Crippen molar-refractivity contribution in [2.75, 3.05) is 26.3 Å². The van der Waals surface area contributed by atoms with Crippen LogP contribution in [-0.2, 0) is 15.7 Å². The van der Waals surface area contributed by atoms with E-state index in [-0.39, 0.29) is 23.6 Å². The van der Waals surface area contributed by atoms with Gasteiger partial charge in [0.05, 0.1) is 32.7 Å². The van der Waals surface area contributed by atoms with Crippen LogP contribution in [0.5, 0.6) is 11.5 Å². The van der Waals surface area contributed by atoms with Crippen molar-refractivity contribution in [3.63, 3.8) is 0 Å². The second-order valence-electron chi connectivity index (χ2n) is 6.12. The fourth-order valence-corrected chi connectivity index (χ4v) is 2.44. The minimum atomic E-state index is -4.76. The number of aliphatic hydroxyl groups excluding tert-OH is 1. The molecule has 12 heteroatoms. The van der Waals surface area contributed by atoms with Gasteiger partial charge >= 0.3 is 12.1 Å². The molecule has 0 saturated heterocycles. The second kappa shape index (κ2) is 10.5. The summed E-state index contributed by atoms with van der Waals surface area (Å²) in [6, 6.07) is 5.27. The summed E-state index contributed by atoms with van der Waals surface area (Å²) in [5.74, 6) is -1.03. The van der Waals surface area contributed by atoms with Gasteiger partial charge in [0, 0.05) is 5.56 Å². The van der Waals surface area contributed by atoms with Crippen LogP contribution in [0.4, 0.5) is 19.1 Å². The van der Waals surface area contributed by atoms with Crippen molar-refractivity contribution in [2.45, 2.75) is 20.0 Å². The molecule has 1 aromatic carbocycles. The number of aliphatic hydroxyl groups is 1. The van der Waals surface area contributed by atoms with Crippen LogP contribution in [0.15, 0.2) is 40.7 Å². The summed E-state index contributed by atoms with van der Waals surface area (Å²) in [4.78, 5) is 19.3. The third-order valence-corrected chi connectivity index (χ3v) is 3.94. The number of carbonyl (C=O) groups excluding carboxylic acids is 1. The van der Waals surface area contributed by atoms with E-state index in [2.05, 4.69) is 20.5 Å². The van der Waals surface area contributed by atoms with Crippen molar-refractivity contribution in [2.24, 2.45) is 5.10 Å². The highest BCUT2D eigenvalue weighted by Gasteiger charge is 2.34. The summed E-state index contributed by atoms with van der Waals surface area (Å²) >= 11 is 0. The largest absolute Gasteiger partial charge is 0.512 e. The molecule has 0 aliphatic rings. The summed E-state index contributed by atoms with van der Waals surface area (Å²) in [6.07, 6.45) is -3.86. The number of nitrogens with one attached hydrogen (secondary N) is 1. The monoisotopic (exact) mass is 454 g/mol. The first-order valence-electron chi connectivity index (χ1n) is 9.15. The Labute approximate surface area is 181 Å². The molecule has 0 unspecified atom stereocenters. The predicted molar refractivity (Wildman–Crippen MR) is 110 cm³/mol. The molecule has 9 nitrogen and oxygen atoms in total. The highest BCUT2D eigenvalue weighted by Crippen LogP contribution is 2.34. The first-order valence-corrected chi connectivity index (χ1v) is 9.15. The third-order valence-electron chi connectivity index (χ3n) is 3.94. The van der Waals surface area contributed by atoms with Gasteiger partial charge in [-0.25, -0.2) is 20.2 Å². The molecular formula is C20H21F3N4O5. The molecule has 0 bridgehead atoms. The molecular weight excluding hydrogens is 433 g/mol. The zero-order valence-corrected chi connectivity index (χ0v) is 17.6. The Bertz CT molecular complexity index is 1030. The number of anilines is 1. The van der Waals surface area contributed by atoms with Gasteiger partial charge in [-0.1, -0.05) is 0 Å². The number of alkyl halides is 3. The molecule has 0 atom stereocenters. The number of esters is 1. The number of carbonyl (C=O) groups is 1. The van der Waals surface area contributed by atoms with Crippen molar-refractivity contribution in [1.29, 1.82) is 0 Å². The lowest BCUT2D eigenvalue weighted by Gasteiger charge is -2.12. The van der Waals surface area contributed by atoms with Gasteiger partial charge in [-0.2, -0.15) is 18.3 Å². The van der Waals surface area contributed by atoms with E-state index in [1.165, 1.54) is 39.3 Å². The molecule has 1 heterocycles. The van der Waals surface area contributed by atoms with E-state index < -0.39 is 23.8 Å². The standard InChI is InChI=1S/C20H21F3N4O5/c1-5-32-18(29)13(11(2)28)10-24-27-19-25-14(9-17(26-19)20(21,22)23)12-6-7-15(30-3)16(8-12)31-4/h6-10,28H,5H2,1-4H3,(H,25,26,27)/b13-11-,24-10-. The van der Waals surface area contributed by atoms with Gasteiger partial charge in [-0.15, -0.1) is 0 Å². The average molecular weight is 454 g/mol. The fraction of sp³-hybridized carbons (Fsp3) is 0.300. The van der Waals surface area contributed by atoms with Gasteiger partial charge in [-0.3, -0.25) is 0 Å². The minimum Gasteiger partial charge on any atom is -0.512 e. The van der Waals surface area contributed by atoms with Crippen molar-refractivity contribution >= 4 is 18.1 Å². The van der Waals surface area contributed by atoms with E-state index in [0.29, 0.717) is 17.1 Å². The van der Waals surface area contributed by atoms with Crippen molar-refractivity contribution in [3.05, 3.63) is 41.3 Å². The van der Waals surface area contributed by atoms with E-state index in [9.17, 15) is 23.1 Å². The summed E-state index contributed by atoms with van der Waals surface area (Å²) in [5.41, 5.74) is 0.982. The van der Waals surface area contributed by atoms with Gasteiger partial charge in [0.2, 0.25) is 5.95 Å². The van der Waals surface area contributed by atoms with Crippen LogP contribution < -0.4 is 14.9 Å². The van der Waals surface area contributed by atoms with Crippen LogP contribution in [0, 0.1) is 0 Å². The van der Waals surface area contributed by atoms with E-state index in [0.717, 1.165) is 12.3 Å². The molecule has 32 heavy (non-hydrogen) atoms. The first kappa shape index (κ1) is 24.4. The number of nitrogens with zero attached hydrogens (tertiary/aromatic N) is 3. The highest BCUT2D eigenvalue weighted by molar-refractivity contribution is 6.09. The molecule has 0 spiro atoms. The zero-order chi connectivity index (χ0) is 23.9. The van der Waals surface area contributed by atoms with Crippen LogP contribution in [0.2, 0.25) is 0 Å². The maximum atomic E-state index is 13.4. The normalized spacial score (nSPS) is 12.3. The quantitative estimate of drug-likeness (QED) is 0.202. The van der Waals surface area contributed by atoms with Gasteiger partial charge in [-0.05, 0) is 38.1 Å². The summed E-state index contributed by atoms with van der Waals surface area (Å²) in [6.45, 7) is 2.86. The Hall–Kier alpha value is -3.83. The Kier molecular flexibility index (Phi) is 7.99. The molecule has 2 N–H and O–H groups in total. The Morgan fingerprint density at radius 3 is 2.44 bits per heavy atom. The van der Waals surface area contributed by atoms with Crippen LogP contribution in [0.3, 0.4) is 0 Å². The highest BCUT2D eigenvalue weighted by atomic mass is 19.4. The number of allylic oxidation sites excluding steroid dienone is 1. The Morgan fingerprint density at radius 1 is 1.19 bits per heavy atom. The molecule has 0 aliphatic carbocycles. The van der Waals surface area contributed by atoms with Crippen LogP contribution in [-0.4, -0.2) is 48.1 Å². The maximum Gasteiger partial charge on any atom is 0.433 e. The molecule has 0 radical (unpaired) electrons. The lowest BCUT2D eigenvalue weighted by atomic mass is 10.1. The number of aromatic nitrogens is 2. The van der Waals surface area contributed by atoms with Gasteiger partial charge < -0.3 is 19.3 Å². The predicted octanol–water partition coefficient (Wildman–Crippen LogP) is 3.97. The number of rotatable bonds is 8. The van der Waals surface area contributed by atoms with E-state index >= 15 is 0 Å². The number of hydrazone groups is 1. The van der Waals surface area contributed by atoms with E-state index in [1.807, 2.05) is 0 Å². The van der Waals surface area contributed by atoms with Crippen molar-refractivity contribution < 1.29 is 37.3 Å². The van der Waals surface area contributed by atoms with E-state index in [1.54, 1.807) is 6.92 Å². The Morgan fingerprint density at radius 2 is 1.88 bits per heavy atom. The average Bonchev–Trinajstić information content (AvgIpc) is 2.75. The molecule has 0 amide bonds. The zero-order valence-electron chi connectivity index (χ0n) is 17.6. The molecule has 1 aromatic heterocycles. The van der Waals surface area contributed by atoms with Crippen molar-refractivity contribution in [1.82, 2.24) is 9.97 Å². The number of ether oxygens (including phenoxy) is 3. The lowest BCUT2D eigenvalue weighted by Crippen LogP contribution is -2.13. The topological polar surface area (TPSA) is 115 Å². The maximum absolute atomic E-state index is 13.4. The minimum absolute atomic E-state index is 0.0578. The number of methoxy groups -OCH3 is 2. The lowest BCUT2D eigenvalue weighted by molar-refractivity contribution is -0.141. The fourth-order valence-electron chi connectivity index (χ4n) is 2.44. The molecule has 172 valence electrons. The summed E-state index contributed by atoms with van der Waals surface area (Å²) in [7, 11) is 2.82. The Balaban J connectivity index is 2.44. The van der Waals surface area contributed by atoms with Gasteiger partial charge in [0.15, 0.2) is 17.2 Å². The summed E-state index contributed by atoms with van der Waals surface area (Å²) in [5, 5.41) is 13.3. The van der Waals surface area contributed by atoms with Crippen molar-refractivity contribution in [3.8, 4) is 22.8 Å². The van der Waals surface area contributed by atoms with Gasteiger partial charge in [0.25, 0.3) is 0 Å². The molecule has 0 fully saturated rings. The second-order valence-corrected chi connectivity index (χ2v) is 6.12. The summed E-state index contributed by atoms with van der Waals surface area (Å²) < 4.78 is 55.2. The number of hydrogen-bond acceptors (Lipinski definition) is 9. The smallest absolute Gasteiger partial charge is 0.433 e. The third kappa shape index (κ3) is 6.09. The molecule has 0 aliphatic heterocycles. The van der Waals surface area contributed by atoms with Crippen LogP contribution in [0.1, 0.15) is 19.5 Å². The van der Waals surface area contributed by atoms with Gasteiger partial charge in [0.1, 0.15) is 11.3 Å². The van der Waals surface area contributed by atoms with Crippen LogP contribution >= 0.6 is 0 Å². The van der Waals surface area contributed by atoms with Crippen LogP contribution in [0.25, 0.3) is 11.3 Å². The molecule has 2 aromatic rings. The number of halogens is 3. The number of benzene rings is 1. The first-order chi connectivity index (χ1) is 15.1. The number of hydrogen-bond donors (Lipinski definition) is 2. The molecule has 0 saturated carbocycles. The SMILES string of the molecule is CCOC(=O)C(/C=N\Nc1nc(-c2ccc(OC)c(OC)c2)cc(C(F)(F)F)n1)=C(/C)O. The molecule has 2 rings (SSSR count).